The molecule has 0 amide bonds. The molecule has 0 aliphatic carbocycles. The van der Waals surface area contributed by atoms with Crippen LogP contribution in [0.5, 0.6) is 0 Å². The summed E-state index contributed by atoms with van der Waals surface area (Å²) in [5, 5.41) is 9.93. The fourth-order valence-electron chi connectivity index (χ4n) is 2.48. The molecule has 1 aromatic carbocycles. The fraction of sp³-hybridized carbons (Fsp3) is 0.600. The number of nitrogens with zero attached hydrogens (tertiary/aromatic N) is 2. The third-order valence-electron chi connectivity index (χ3n) is 3.81. The second-order valence-corrected chi connectivity index (χ2v) is 7.25. The number of hydrogen-bond donors (Lipinski definition) is 1. The second kappa shape index (κ2) is 7.24. The van der Waals surface area contributed by atoms with Crippen LogP contribution in [0.25, 0.3) is 0 Å². The molecule has 1 heterocycles. The van der Waals surface area contributed by atoms with Gasteiger partial charge >= 0.3 is 10.2 Å². The summed E-state index contributed by atoms with van der Waals surface area (Å²) in [6, 6.07) is 9.01. The van der Waals surface area contributed by atoms with Crippen molar-refractivity contribution in [1.82, 2.24) is 4.31 Å². The van der Waals surface area contributed by atoms with Crippen molar-refractivity contribution in [1.29, 1.82) is 0 Å². The van der Waals surface area contributed by atoms with Crippen LogP contribution in [0.3, 0.4) is 0 Å². The maximum absolute atomic E-state index is 12.9. The Bertz CT molecular complexity index is 527. The SMILES string of the molecule is CCC(O)CN(c1ccccc1)S(=O)(=O)N1CCCCC1. The Hall–Kier alpha value is -1.11. The first kappa shape index (κ1) is 16.3. The number of benzene rings is 1. The van der Waals surface area contributed by atoms with E-state index in [4.69, 9.17) is 0 Å². The van der Waals surface area contributed by atoms with Gasteiger partial charge in [-0.1, -0.05) is 31.5 Å². The molecule has 1 aliphatic heterocycles. The third-order valence-corrected chi connectivity index (χ3v) is 5.75. The van der Waals surface area contributed by atoms with Gasteiger partial charge < -0.3 is 5.11 Å². The topological polar surface area (TPSA) is 60.9 Å². The summed E-state index contributed by atoms with van der Waals surface area (Å²) < 4.78 is 28.6. The van der Waals surface area contributed by atoms with Crippen LogP contribution < -0.4 is 4.31 Å². The number of aliphatic hydroxyl groups excluding tert-OH is 1. The van der Waals surface area contributed by atoms with Crippen LogP contribution in [0.15, 0.2) is 30.3 Å². The molecule has 1 unspecified atom stereocenters. The van der Waals surface area contributed by atoms with E-state index < -0.39 is 16.3 Å². The quantitative estimate of drug-likeness (QED) is 0.874. The predicted octanol–water partition coefficient (Wildman–Crippen LogP) is 1.99. The standard InChI is InChI=1S/C15H24N2O3S/c1-2-15(18)13-17(14-9-5-3-6-10-14)21(19,20)16-11-7-4-8-12-16/h3,5-6,9-10,15,18H,2,4,7-8,11-13H2,1H3. The molecule has 1 atom stereocenters. The van der Waals surface area contributed by atoms with Crippen molar-refractivity contribution < 1.29 is 13.5 Å². The van der Waals surface area contributed by atoms with Gasteiger partial charge in [0.2, 0.25) is 0 Å². The molecule has 1 fully saturated rings. The Kier molecular flexibility index (Phi) is 5.61. The average Bonchev–Trinajstić information content (AvgIpc) is 2.53. The van der Waals surface area contributed by atoms with Crippen LogP contribution in [0.1, 0.15) is 32.6 Å². The highest BCUT2D eigenvalue weighted by Gasteiger charge is 2.31. The molecule has 0 aromatic heterocycles. The molecule has 1 aliphatic rings. The van der Waals surface area contributed by atoms with Crippen molar-refractivity contribution in [2.75, 3.05) is 23.9 Å². The van der Waals surface area contributed by atoms with Gasteiger partial charge in [0.05, 0.1) is 18.3 Å². The number of piperidine rings is 1. The van der Waals surface area contributed by atoms with Crippen molar-refractivity contribution >= 4 is 15.9 Å². The van der Waals surface area contributed by atoms with Crippen molar-refractivity contribution in [2.24, 2.45) is 0 Å². The zero-order valence-corrected chi connectivity index (χ0v) is 13.3. The van der Waals surface area contributed by atoms with Crippen molar-refractivity contribution in [2.45, 2.75) is 38.7 Å². The van der Waals surface area contributed by atoms with Gasteiger partial charge in [-0.2, -0.15) is 12.7 Å². The van der Waals surface area contributed by atoms with Crippen LogP contribution in [0.4, 0.5) is 5.69 Å². The highest BCUT2D eigenvalue weighted by Crippen LogP contribution is 2.23. The van der Waals surface area contributed by atoms with Gasteiger partial charge in [-0.3, -0.25) is 4.31 Å². The maximum Gasteiger partial charge on any atom is 0.304 e. The van der Waals surface area contributed by atoms with E-state index in [9.17, 15) is 13.5 Å². The summed E-state index contributed by atoms with van der Waals surface area (Å²) in [6.07, 6.45) is 2.74. The summed E-state index contributed by atoms with van der Waals surface area (Å²) in [5.41, 5.74) is 0.607. The number of para-hydroxylation sites is 1. The van der Waals surface area contributed by atoms with E-state index in [1.165, 1.54) is 8.61 Å². The summed E-state index contributed by atoms with van der Waals surface area (Å²) >= 11 is 0. The largest absolute Gasteiger partial charge is 0.391 e. The smallest absolute Gasteiger partial charge is 0.304 e. The zero-order valence-electron chi connectivity index (χ0n) is 12.5. The Morgan fingerprint density at radius 3 is 2.38 bits per heavy atom. The lowest BCUT2D eigenvalue weighted by Gasteiger charge is -2.34. The van der Waals surface area contributed by atoms with Crippen molar-refractivity contribution in [3.05, 3.63) is 30.3 Å². The Morgan fingerprint density at radius 2 is 1.81 bits per heavy atom. The van der Waals surface area contributed by atoms with Crippen molar-refractivity contribution in [3.63, 3.8) is 0 Å². The zero-order chi connectivity index (χ0) is 15.3. The lowest BCUT2D eigenvalue weighted by Crippen LogP contribution is -2.48. The van der Waals surface area contributed by atoms with Crippen LogP contribution in [-0.4, -0.2) is 43.6 Å². The minimum atomic E-state index is -3.58. The molecule has 0 saturated carbocycles. The van der Waals surface area contributed by atoms with Gasteiger partial charge in [0, 0.05) is 13.1 Å². The first-order valence-electron chi connectivity index (χ1n) is 7.56. The van der Waals surface area contributed by atoms with E-state index in [-0.39, 0.29) is 6.54 Å². The van der Waals surface area contributed by atoms with Gasteiger partial charge in [-0.15, -0.1) is 0 Å². The molecule has 21 heavy (non-hydrogen) atoms. The minimum Gasteiger partial charge on any atom is -0.391 e. The molecule has 6 heteroatoms. The van der Waals surface area contributed by atoms with Gasteiger partial charge in [-0.05, 0) is 31.4 Å². The Balaban J connectivity index is 2.29. The van der Waals surface area contributed by atoms with Crippen LogP contribution >= 0.6 is 0 Å². The molecule has 1 saturated heterocycles. The number of anilines is 1. The van der Waals surface area contributed by atoms with E-state index in [0.29, 0.717) is 25.2 Å². The summed E-state index contributed by atoms with van der Waals surface area (Å²) in [7, 11) is -3.58. The molecular formula is C15H24N2O3S. The molecule has 2 rings (SSSR count). The van der Waals surface area contributed by atoms with Crippen LogP contribution in [0, 0.1) is 0 Å². The molecule has 1 aromatic rings. The third kappa shape index (κ3) is 3.96. The van der Waals surface area contributed by atoms with E-state index >= 15 is 0 Å². The van der Waals surface area contributed by atoms with Crippen molar-refractivity contribution in [3.8, 4) is 0 Å². The second-order valence-electron chi connectivity index (χ2n) is 5.40. The number of aliphatic hydroxyl groups is 1. The molecule has 5 nitrogen and oxygen atoms in total. The monoisotopic (exact) mass is 312 g/mol. The summed E-state index contributed by atoms with van der Waals surface area (Å²) in [5.74, 6) is 0. The molecule has 0 spiro atoms. The van der Waals surface area contributed by atoms with Crippen LogP contribution in [0.2, 0.25) is 0 Å². The minimum absolute atomic E-state index is 0.0966. The summed E-state index contributed by atoms with van der Waals surface area (Å²) in [4.78, 5) is 0. The van der Waals surface area contributed by atoms with E-state index in [1.807, 2.05) is 25.1 Å². The first-order valence-corrected chi connectivity index (χ1v) is 8.96. The fourth-order valence-corrected chi connectivity index (χ4v) is 4.23. The van der Waals surface area contributed by atoms with Gasteiger partial charge in [0.15, 0.2) is 0 Å². The average molecular weight is 312 g/mol. The van der Waals surface area contributed by atoms with Gasteiger partial charge in [0.25, 0.3) is 0 Å². The molecule has 0 bridgehead atoms. The highest BCUT2D eigenvalue weighted by atomic mass is 32.2. The summed E-state index contributed by atoms with van der Waals surface area (Å²) in [6.45, 7) is 3.07. The highest BCUT2D eigenvalue weighted by molar-refractivity contribution is 7.90. The Morgan fingerprint density at radius 1 is 1.19 bits per heavy atom. The lowest BCUT2D eigenvalue weighted by atomic mass is 10.2. The molecule has 0 radical (unpaired) electrons. The number of rotatable bonds is 6. The Labute approximate surface area is 127 Å². The van der Waals surface area contributed by atoms with Gasteiger partial charge in [-0.25, -0.2) is 0 Å². The molecular weight excluding hydrogens is 288 g/mol. The van der Waals surface area contributed by atoms with Gasteiger partial charge in [0.1, 0.15) is 0 Å². The number of hydrogen-bond acceptors (Lipinski definition) is 3. The normalized spacial score (nSPS) is 18.4. The van der Waals surface area contributed by atoms with E-state index in [2.05, 4.69) is 0 Å². The van der Waals surface area contributed by atoms with Crippen LogP contribution in [-0.2, 0) is 10.2 Å². The molecule has 1 N–H and O–H groups in total. The van der Waals surface area contributed by atoms with E-state index in [0.717, 1.165) is 19.3 Å². The van der Waals surface area contributed by atoms with E-state index in [1.54, 1.807) is 12.1 Å². The molecule has 118 valence electrons. The predicted molar refractivity (Wildman–Crippen MR) is 84.4 cm³/mol. The first-order chi connectivity index (χ1) is 10.1. The lowest BCUT2D eigenvalue weighted by molar-refractivity contribution is 0.179. The maximum atomic E-state index is 12.9.